The molecule has 5 aromatic carbocycles. The molecule has 293 valence electrons. The smallest absolute Gasteiger partial charge is 0.216 e. The Morgan fingerprint density at radius 1 is 0.741 bits per heavy atom. The minimum absolute atomic E-state index is 0. The van der Waals surface area contributed by atoms with Crippen LogP contribution in [0, 0.1) is 38.8 Å². The van der Waals surface area contributed by atoms with Crippen molar-refractivity contribution in [2.45, 2.75) is 58.3 Å². The van der Waals surface area contributed by atoms with Gasteiger partial charge in [0.25, 0.3) is 0 Å². The maximum Gasteiger partial charge on any atom is 0.216 e. The monoisotopic (exact) mass is 999 g/mol. The Morgan fingerprint density at radius 2 is 1.47 bits per heavy atom. The fourth-order valence-electron chi connectivity index (χ4n) is 7.90. The molecule has 1 radical (unpaired) electrons. The van der Waals surface area contributed by atoms with Crippen molar-refractivity contribution in [3.8, 4) is 39.6 Å². The number of rotatable bonds is 7. The van der Waals surface area contributed by atoms with Gasteiger partial charge in [0.05, 0.1) is 28.1 Å². The van der Waals surface area contributed by atoms with Crippen molar-refractivity contribution in [2.75, 3.05) is 0 Å². The predicted molar refractivity (Wildman–Crippen MR) is 240 cm³/mol. The van der Waals surface area contributed by atoms with E-state index in [-0.39, 0.29) is 20.1 Å². The van der Waals surface area contributed by atoms with Crippen LogP contribution in [-0.4, -0.2) is 32.8 Å². The van der Waals surface area contributed by atoms with Crippen LogP contribution in [0.1, 0.15) is 36.1 Å². The Morgan fingerprint density at radius 3 is 2.17 bits per heavy atom. The molecule has 0 bridgehead atoms. The number of benzene rings is 5. The van der Waals surface area contributed by atoms with E-state index in [1.807, 2.05) is 60.7 Å². The number of hydrogen-bond donors (Lipinski definition) is 0. The summed E-state index contributed by atoms with van der Waals surface area (Å²) in [6, 6.07) is 48.2. The Labute approximate surface area is 358 Å². The number of imidazole rings is 1. The number of pyridine rings is 2. The molecule has 0 unspecified atom stereocenters. The molecule has 0 amide bonds. The molecule has 0 fully saturated rings. The zero-order chi connectivity index (χ0) is 39.8. The molecule has 0 N–H and O–H groups in total. The standard InChI is InChI=1S/C33H24N3O.C18H24GeN.Ir/c1-20-10-9-11-21(2)29(20)27-19-18-24-30-22(3)16-17-25(31(30)37-33(24)35-27)32-34-26-14-7-8-15-28(26)36(32)23-12-5-4-6-13-23;1-14(2)11-16-12-18(15-9-7-6-8-10-15)20-13-17(16)19(3,4)5;/h4-16,18-19H,1-3H3;6-9,12-14H,11H2,1-5H3;/q2*-1;. The van der Waals surface area contributed by atoms with Gasteiger partial charge in [-0.3, -0.25) is 4.98 Å². The molecule has 5 nitrogen and oxygen atoms in total. The summed E-state index contributed by atoms with van der Waals surface area (Å²) < 4.78 is 10.3. The summed E-state index contributed by atoms with van der Waals surface area (Å²) in [7, 11) is 0. The number of para-hydroxylation sites is 3. The van der Waals surface area contributed by atoms with Crippen LogP contribution in [0.3, 0.4) is 0 Å². The number of hydrogen-bond acceptors (Lipinski definition) is 4. The first kappa shape index (κ1) is 41.0. The third kappa shape index (κ3) is 8.11. The molecule has 0 saturated heterocycles. The van der Waals surface area contributed by atoms with E-state index in [4.69, 9.17) is 19.4 Å². The van der Waals surface area contributed by atoms with Gasteiger partial charge in [0, 0.05) is 36.7 Å². The van der Waals surface area contributed by atoms with Crippen LogP contribution in [0.2, 0.25) is 17.3 Å². The summed E-state index contributed by atoms with van der Waals surface area (Å²) in [6.07, 6.45) is 3.27. The molecule has 4 aromatic heterocycles. The Bertz CT molecular complexity index is 2850. The van der Waals surface area contributed by atoms with Gasteiger partial charge >= 0.3 is 126 Å². The van der Waals surface area contributed by atoms with Gasteiger partial charge in [0.2, 0.25) is 5.71 Å². The van der Waals surface area contributed by atoms with Crippen LogP contribution in [0.25, 0.3) is 72.7 Å². The normalized spacial score (nSPS) is 11.5. The summed E-state index contributed by atoms with van der Waals surface area (Å²) in [6.45, 7) is 10.9. The van der Waals surface area contributed by atoms with Gasteiger partial charge in [-0.05, 0) is 61.4 Å². The maximum absolute atomic E-state index is 6.55. The molecular weight excluding hydrogens is 949 g/mol. The van der Waals surface area contributed by atoms with Crippen molar-refractivity contribution in [3.63, 3.8) is 0 Å². The summed E-state index contributed by atoms with van der Waals surface area (Å²) >= 11 is -1.86. The van der Waals surface area contributed by atoms with Crippen LogP contribution in [0.5, 0.6) is 0 Å². The first-order chi connectivity index (χ1) is 27.5. The number of furan rings is 1. The number of fused-ring (bicyclic) bond motifs is 4. The first-order valence-electron chi connectivity index (χ1n) is 19.8. The second-order valence-electron chi connectivity index (χ2n) is 16.4. The van der Waals surface area contributed by atoms with Crippen LogP contribution in [0.4, 0.5) is 0 Å². The van der Waals surface area contributed by atoms with E-state index in [1.165, 1.54) is 16.7 Å². The molecule has 7 heteroatoms. The number of aryl methyl sites for hydroxylation is 3. The van der Waals surface area contributed by atoms with Gasteiger partial charge in [-0.1, -0.05) is 66.4 Å². The Kier molecular flexibility index (Phi) is 12.0. The van der Waals surface area contributed by atoms with Crippen molar-refractivity contribution in [1.29, 1.82) is 0 Å². The molecule has 0 aliphatic rings. The zero-order valence-electron chi connectivity index (χ0n) is 34.4. The fraction of sp³-hybridized carbons (Fsp3) is 0.196. The quantitative estimate of drug-likeness (QED) is 0.118. The molecule has 4 heterocycles. The second-order valence-corrected chi connectivity index (χ2v) is 27.0. The van der Waals surface area contributed by atoms with Crippen molar-refractivity contribution < 1.29 is 24.5 Å². The zero-order valence-corrected chi connectivity index (χ0v) is 38.9. The van der Waals surface area contributed by atoms with E-state index in [0.29, 0.717) is 11.6 Å². The molecule has 0 atom stereocenters. The van der Waals surface area contributed by atoms with Crippen molar-refractivity contribution >= 4 is 50.8 Å². The van der Waals surface area contributed by atoms with Crippen LogP contribution in [-0.2, 0) is 26.5 Å². The van der Waals surface area contributed by atoms with E-state index >= 15 is 0 Å². The van der Waals surface area contributed by atoms with E-state index in [1.54, 1.807) is 4.40 Å². The summed E-state index contributed by atoms with van der Waals surface area (Å²) in [5, 5.41) is 2.05. The van der Waals surface area contributed by atoms with E-state index in [0.717, 1.165) is 79.0 Å². The van der Waals surface area contributed by atoms with Crippen molar-refractivity contribution in [2.24, 2.45) is 5.92 Å². The molecule has 0 aliphatic heterocycles. The average molecular weight is 998 g/mol. The predicted octanol–water partition coefficient (Wildman–Crippen LogP) is 12.7. The van der Waals surface area contributed by atoms with Crippen molar-refractivity contribution in [3.05, 3.63) is 162 Å². The summed E-state index contributed by atoms with van der Waals surface area (Å²) in [5.74, 6) is 8.79. The molecule has 0 spiro atoms. The average Bonchev–Trinajstić information content (AvgIpc) is 3.78. The van der Waals surface area contributed by atoms with Gasteiger partial charge in [-0.15, -0.1) is 17.7 Å². The van der Waals surface area contributed by atoms with Crippen LogP contribution in [0.15, 0.2) is 132 Å². The fourth-order valence-corrected chi connectivity index (χ4v) is 11.2. The molecule has 58 heavy (non-hydrogen) atoms. The van der Waals surface area contributed by atoms with Gasteiger partial charge in [0.1, 0.15) is 0 Å². The van der Waals surface area contributed by atoms with Gasteiger partial charge in [0.15, 0.2) is 0 Å². The molecule has 9 rings (SSSR count). The summed E-state index contributed by atoms with van der Waals surface area (Å²) in [5.41, 5.74) is 14.4. The van der Waals surface area contributed by atoms with Gasteiger partial charge in [-0.2, -0.15) is 0 Å². The van der Waals surface area contributed by atoms with E-state index in [2.05, 4.69) is 135 Å². The molecule has 9 aromatic rings. The Hall–Kier alpha value is -5.14. The van der Waals surface area contributed by atoms with Gasteiger partial charge in [-0.25, -0.2) is 4.98 Å². The summed E-state index contributed by atoms with van der Waals surface area (Å²) in [4.78, 5) is 14.7. The first-order valence-corrected chi connectivity index (χ1v) is 27.1. The van der Waals surface area contributed by atoms with Crippen LogP contribution >= 0.6 is 0 Å². The molecule has 0 aliphatic carbocycles. The largest absolute Gasteiger partial charge is 0.486 e. The van der Waals surface area contributed by atoms with Gasteiger partial charge < -0.3 is 8.98 Å². The minimum atomic E-state index is -1.86. The molecular formula is C51H48GeIrN4O-2. The maximum atomic E-state index is 6.55. The second kappa shape index (κ2) is 17.0. The van der Waals surface area contributed by atoms with E-state index in [9.17, 15) is 0 Å². The molecule has 0 saturated carbocycles. The topological polar surface area (TPSA) is 56.7 Å². The van der Waals surface area contributed by atoms with Crippen molar-refractivity contribution in [1.82, 2.24) is 19.5 Å². The van der Waals surface area contributed by atoms with E-state index < -0.39 is 13.3 Å². The third-order valence-corrected chi connectivity index (χ3v) is 14.9. The number of aromatic nitrogens is 4. The minimum Gasteiger partial charge on any atom is -0.486 e. The number of nitrogens with zero attached hydrogens (tertiary/aromatic N) is 4. The SMILES string of the molecule is CC(C)Cc1cc(-c2[c-]cccc2)nc[c]1[Ge]([CH3])([CH3])[CH3].Cc1cccc(C)c1-c1ccc2c(n1)oc1c(-c3nc4ccccc4n3-c3ccccc3)[c-]cc(C)c12.[Ir]. The Balaban J connectivity index is 0.000000208. The third-order valence-electron chi connectivity index (χ3n) is 10.6. The van der Waals surface area contributed by atoms with Crippen LogP contribution < -0.4 is 4.40 Å².